The summed E-state index contributed by atoms with van der Waals surface area (Å²) in [7, 11) is 0. The minimum Gasteiger partial charge on any atom is -0.326 e. The number of benzene rings is 1. The Balaban J connectivity index is 2.05. The van der Waals surface area contributed by atoms with Crippen molar-refractivity contribution in [2.24, 2.45) is 5.92 Å². The molecule has 1 aliphatic rings. The van der Waals surface area contributed by atoms with Crippen LogP contribution in [0, 0.1) is 19.8 Å². The third kappa shape index (κ3) is 3.43. The van der Waals surface area contributed by atoms with E-state index in [1.54, 1.807) is 0 Å². The van der Waals surface area contributed by atoms with Gasteiger partial charge in [-0.2, -0.15) is 0 Å². The third-order valence-corrected chi connectivity index (χ3v) is 3.90. The van der Waals surface area contributed by atoms with Crippen LogP contribution in [-0.4, -0.2) is 12.2 Å². The summed E-state index contributed by atoms with van der Waals surface area (Å²) >= 11 is 0. The number of amides is 1. The maximum absolute atomic E-state index is 12.0. The predicted molar refractivity (Wildman–Crippen MR) is 76.5 cm³/mol. The fraction of sp³-hybridized carbons (Fsp3) is 0.500. The van der Waals surface area contributed by atoms with Crippen molar-refractivity contribution < 1.29 is 9.59 Å². The second-order valence-corrected chi connectivity index (χ2v) is 5.55. The van der Waals surface area contributed by atoms with E-state index in [9.17, 15) is 9.59 Å². The first-order valence-corrected chi connectivity index (χ1v) is 6.96. The van der Waals surface area contributed by atoms with E-state index in [0.717, 1.165) is 23.1 Å². The van der Waals surface area contributed by atoms with Crippen molar-refractivity contribution in [3.63, 3.8) is 0 Å². The molecule has 1 aromatic carbocycles. The molecular formula is C16H21NO2. The highest BCUT2D eigenvalue weighted by molar-refractivity contribution is 5.93. The molecule has 0 spiro atoms. The lowest BCUT2D eigenvalue weighted by Gasteiger charge is -2.14. The molecule has 0 aromatic heterocycles. The molecule has 0 unspecified atom stereocenters. The first-order chi connectivity index (χ1) is 9.10. The van der Waals surface area contributed by atoms with E-state index in [4.69, 9.17) is 0 Å². The fourth-order valence-electron chi connectivity index (χ4n) is 2.93. The Labute approximate surface area is 114 Å². The monoisotopic (exact) mass is 259 g/mol. The average Bonchev–Trinajstić information content (AvgIpc) is 2.86. The SMILES string of the molecule is Cc1cc(C=O)cc(C)c1NC(=O)CC1CCCC1. The Hall–Kier alpha value is -1.64. The van der Waals surface area contributed by atoms with Gasteiger partial charge in [-0.05, 0) is 55.9 Å². The van der Waals surface area contributed by atoms with E-state index in [1.165, 1.54) is 25.7 Å². The zero-order valence-electron chi connectivity index (χ0n) is 11.7. The number of rotatable bonds is 4. The molecule has 0 atom stereocenters. The van der Waals surface area contributed by atoms with E-state index in [2.05, 4.69) is 5.32 Å². The second kappa shape index (κ2) is 6.00. The Bertz CT molecular complexity index is 465. The summed E-state index contributed by atoms with van der Waals surface area (Å²) in [4.78, 5) is 22.8. The van der Waals surface area contributed by atoms with Gasteiger partial charge in [0.05, 0.1) is 0 Å². The molecule has 1 aliphatic carbocycles. The minimum absolute atomic E-state index is 0.0944. The Kier molecular flexibility index (Phi) is 4.35. The number of hydrogen-bond acceptors (Lipinski definition) is 2. The molecule has 0 aliphatic heterocycles. The standard InChI is InChI=1S/C16H21NO2/c1-11-7-14(10-18)8-12(2)16(11)17-15(19)9-13-5-3-4-6-13/h7-8,10,13H,3-6,9H2,1-2H3,(H,17,19). The largest absolute Gasteiger partial charge is 0.326 e. The minimum atomic E-state index is 0.0944. The lowest BCUT2D eigenvalue weighted by molar-refractivity contribution is -0.117. The second-order valence-electron chi connectivity index (χ2n) is 5.55. The zero-order chi connectivity index (χ0) is 13.8. The Morgan fingerprint density at radius 3 is 2.37 bits per heavy atom. The normalized spacial score (nSPS) is 15.5. The van der Waals surface area contributed by atoms with Gasteiger partial charge in [0.25, 0.3) is 0 Å². The van der Waals surface area contributed by atoms with Gasteiger partial charge >= 0.3 is 0 Å². The number of nitrogens with one attached hydrogen (secondary N) is 1. The van der Waals surface area contributed by atoms with Crippen molar-refractivity contribution in [2.45, 2.75) is 46.0 Å². The maximum Gasteiger partial charge on any atom is 0.224 e. The lowest BCUT2D eigenvalue weighted by atomic mass is 10.0. The summed E-state index contributed by atoms with van der Waals surface area (Å²) < 4.78 is 0. The first kappa shape index (κ1) is 13.8. The molecule has 102 valence electrons. The van der Waals surface area contributed by atoms with Crippen LogP contribution < -0.4 is 5.32 Å². The first-order valence-electron chi connectivity index (χ1n) is 6.96. The van der Waals surface area contributed by atoms with Gasteiger partial charge < -0.3 is 5.32 Å². The molecule has 1 fully saturated rings. The van der Waals surface area contributed by atoms with Crippen LogP contribution in [0.4, 0.5) is 5.69 Å². The van der Waals surface area contributed by atoms with Crippen LogP contribution in [0.3, 0.4) is 0 Å². The smallest absolute Gasteiger partial charge is 0.224 e. The van der Waals surface area contributed by atoms with Crippen LogP contribution in [0.2, 0.25) is 0 Å². The topological polar surface area (TPSA) is 46.2 Å². The lowest BCUT2D eigenvalue weighted by Crippen LogP contribution is -2.16. The molecule has 19 heavy (non-hydrogen) atoms. The van der Waals surface area contributed by atoms with Crippen LogP contribution in [-0.2, 0) is 4.79 Å². The van der Waals surface area contributed by atoms with E-state index < -0.39 is 0 Å². The molecular weight excluding hydrogens is 238 g/mol. The number of carbonyl (C=O) groups excluding carboxylic acids is 2. The summed E-state index contributed by atoms with van der Waals surface area (Å²) in [5, 5.41) is 3.00. The van der Waals surface area contributed by atoms with Crippen LogP contribution >= 0.6 is 0 Å². The average molecular weight is 259 g/mol. The van der Waals surface area contributed by atoms with E-state index in [0.29, 0.717) is 17.9 Å². The highest BCUT2D eigenvalue weighted by atomic mass is 16.1. The third-order valence-electron chi connectivity index (χ3n) is 3.90. The van der Waals surface area contributed by atoms with Gasteiger partial charge in [-0.3, -0.25) is 9.59 Å². The number of anilines is 1. The summed E-state index contributed by atoms with van der Waals surface area (Å²) in [6.07, 6.45) is 6.32. The highest BCUT2D eigenvalue weighted by Crippen LogP contribution is 2.28. The molecule has 3 nitrogen and oxygen atoms in total. The predicted octanol–water partition coefficient (Wildman–Crippen LogP) is 3.63. The summed E-state index contributed by atoms with van der Waals surface area (Å²) in [6.45, 7) is 3.84. The summed E-state index contributed by atoms with van der Waals surface area (Å²) in [5.74, 6) is 0.645. The van der Waals surface area contributed by atoms with Gasteiger partial charge in [-0.25, -0.2) is 0 Å². The number of hydrogen-bond donors (Lipinski definition) is 1. The summed E-state index contributed by atoms with van der Waals surface area (Å²) in [5.41, 5.74) is 3.40. The van der Waals surface area contributed by atoms with Gasteiger partial charge in [-0.1, -0.05) is 12.8 Å². The molecule has 0 bridgehead atoms. The van der Waals surface area contributed by atoms with Gasteiger partial charge in [-0.15, -0.1) is 0 Å². The highest BCUT2D eigenvalue weighted by Gasteiger charge is 2.19. The van der Waals surface area contributed by atoms with Crippen molar-refractivity contribution in [3.05, 3.63) is 28.8 Å². The van der Waals surface area contributed by atoms with E-state index >= 15 is 0 Å². The van der Waals surface area contributed by atoms with Crippen molar-refractivity contribution >= 4 is 17.9 Å². The maximum atomic E-state index is 12.0. The Morgan fingerprint density at radius 2 is 1.84 bits per heavy atom. The molecule has 1 saturated carbocycles. The van der Waals surface area contributed by atoms with Crippen molar-refractivity contribution in [1.82, 2.24) is 0 Å². The fourth-order valence-corrected chi connectivity index (χ4v) is 2.93. The summed E-state index contributed by atoms with van der Waals surface area (Å²) in [6, 6.07) is 3.62. The van der Waals surface area contributed by atoms with Gasteiger partial charge in [0.15, 0.2) is 0 Å². The molecule has 2 rings (SSSR count). The van der Waals surface area contributed by atoms with Crippen molar-refractivity contribution in [2.75, 3.05) is 5.32 Å². The molecule has 0 radical (unpaired) electrons. The zero-order valence-corrected chi connectivity index (χ0v) is 11.7. The van der Waals surface area contributed by atoms with E-state index in [1.807, 2.05) is 26.0 Å². The number of aryl methyl sites for hydroxylation is 2. The van der Waals surface area contributed by atoms with Crippen LogP contribution in [0.25, 0.3) is 0 Å². The molecule has 3 heteroatoms. The molecule has 1 aromatic rings. The molecule has 0 heterocycles. The molecule has 1 N–H and O–H groups in total. The van der Waals surface area contributed by atoms with Gasteiger partial charge in [0.2, 0.25) is 5.91 Å². The van der Waals surface area contributed by atoms with Crippen LogP contribution in [0.5, 0.6) is 0 Å². The van der Waals surface area contributed by atoms with Crippen LogP contribution in [0.1, 0.15) is 53.6 Å². The van der Waals surface area contributed by atoms with Gasteiger partial charge in [0, 0.05) is 17.7 Å². The quantitative estimate of drug-likeness (QED) is 0.839. The van der Waals surface area contributed by atoms with E-state index in [-0.39, 0.29) is 5.91 Å². The van der Waals surface area contributed by atoms with Crippen LogP contribution in [0.15, 0.2) is 12.1 Å². The molecule has 1 amide bonds. The Morgan fingerprint density at radius 1 is 1.26 bits per heavy atom. The van der Waals surface area contributed by atoms with Gasteiger partial charge in [0.1, 0.15) is 6.29 Å². The number of aldehydes is 1. The van der Waals surface area contributed by atoms with Crippen molar-refractivity contribution in [3.8, 4) is 0 Å². The number of carbonyl (C=O) groups is 2. The van der Waals surface area contributed by atoms with Crippen molar-refractivity contribution in [1.29, 1.82) is 0 Å². The molecule has 0 saturated heterocycles.